The number of carboxylic acid groups (broad SMARTS) is 1. The van der Waals surface area contributed by atoms with Crippen LogP contribution in [0.2, 0.25) is 0 Å². The number of hydrogen-bond donors (Lipinski definition) is 3. The van der Waals surface area contributed by atoms with E-state index in [0.29, 0.717) is 6.42 Å². The van der Waals surface area contributed by atoms with Gasteiger partial charge >= 0.3 is 5.97 Å². The number of rotatable bonds is 5. The lowest BCUT2D eigenvalue weighted by molar-refractivity contribution is -0.142. The number of carbonyl (C=O) groups excluding carboxylic acids is 1. The Labute approximate surface area is 101 Å². The lowest BCUT2D eigenvalue weighted by Gasteiger charge is -2.29. The number of likely N-dealkylation sites (tertiary alicyclic amines) is 1. The standard InChI is InChI=1S/C11H21N3O3/c1-2-9(11(16)17)13-10(15)7-14-5-3-8(12)4-6-14/h8-9H,2-7,12H2,1H3,(H,13,15)(H,16,17)/t9-/m1/s1. The first kappa shape index (κ1) is 13.9. The molecule has 6 heteroatoms. The number of nitrogens with one attached hydrogen (secondary N) is 1. The summed E-state index contributed by atoms with van der Waals surface area (Å²) in [6.07, 6.45) is 2.18. The highest BCUT2D eigenvalue weighted by Crippen LogP contribution is 2.07. The van der Waals surface area contributed by atoms with Crippen LogP contribution in [0.25, 0.3) is 0 Å². The van der Waals surface area contributed by atoms with Crippen LogP contribution in [0.3, 0.4) is 0 Å². The molecule has 0 bridgehead atoms. The van der Waals surface area contributed by atoms with Gasteiger partial charge in [0, 0.05) is 19.1 Å². The van der Waals surface area contributed by atoms with Crippen molar-refractivity contribution >= 4 is 11.9 Å². The van der Waals surface area contributed by atoms with Gasteiger partial charge in [0.05, 0.1) is 6.54 Å². The smallest absolute Gasteiger partial charge is 0.326 e. The van der Waals surface area contributed by atoms with Crippen LogP contribution in [0.15, 0.2) is 0 Å². The fourth-order valence-corrected chi connectivity index (χ4v) is 1.89. The maximum atomic E-state index is 11.6. The van der Waals surface area contributed by atoms with Crippen molar-refractivity contribution < 1.29 is 14.7 Å². The Bertz CT molecular complexity index is 275. The number of amides is 1. The average molecular weight is 243 g/mol. The van der Waals surface area contributed by atoms with E-state index < -0.39 is 12.0 Å². The van der Waals surface area contributed by atoms with Gasteiger partial charge < -0.3 is 16.2 Å². The third-order valence-electron chi connectivity index (χ3n) is 3.04. The second-order valence-electron chi connectivity index (χ2n) is 4.48. The topological polar surface area (TPSA) is 95.7 Å². The van der Waals surface area contributed by atoms with Gasteiger partial charge in [-0.05, 0) is 19.3 Å². The van der Waals surface area contributed by atoms with Gasteiger partial charge in [-0.25, -0.2) is 4.79 Å². The summed E-state index contributed by atoms with van der Waals surface area (Å²) in [6, 6.07) is -0.550. The van der Waals surface area contributed by atoms with Crippen LogP contribution < -0.4 is 11.1 Å². The Balaban J connectivity index is 2.31. The summed E-state index contributed by atoms with van der Waals surface area (Å²) in [4.78, 5) is 24.4. The van der Waals surface area contributed by atoms with Crippen LogP contribution in [0.4, 0.5) is 0 Å². The molecule has 6 nitrogen and oxygen atoms in total. The fourth-order valence-electron chi connectivity index (χ4n) is 1.89. The van der Waals surface area contributed by atoms with E-state index in [1.165, 1.54) is 0 Å². The number of hydrogen-bond acceptors (Lipinski definition) is 4. The van der Waals surface area contributed by atoms with Crippen molar-refractivity contribution in [3.63, 3.8) is 0 Å². The number of nitrogens with two attached hydrogens (primary N) is 1. The molecule has 4 N–H and O–H groups in total. The molecule has 0 radical (unpaired) electrons. The molecule has 1 atom stereocenters. The zero-order valence-electron chi connectivity index (χ0n) is 10.2. The highest BCUT2D eigenvalue weighted by molar-refractivity contribution is 5.84. The van der Waals surface area contributed by atoms with Crippen LogP contribution in [-0.2, 0) is 9.59 Å². The van der Waals surface area contributed by atoms with Crippen molar-refractivity contribution in [2.75, 3.05) is 19.6 Å². The van der Waals surface area contributed by atoms with E-state index in [9.17, 15) is 9.59 Å². The van der Waals surface area contributed by atoms with Crippen molar-refractivity contribution in [3.8, 4) is 0 Å². The zero-order chi connectivity index (χ0) is 12.8. The predicted octanol–water partition coefficient (Wildman–Crippen LogP) is -0.611. The van der Waals surface area contributed by atoms with Gasteiger partial charge in [-0.1, -0.05) is 6.92 Å². The van der Waals surface area contributed by atoms with Crippen LogP contribution in [-0.4, -0.2) is 53.6 Å². The summed E-state index contributed by atoms with van der Waals surface area (Å²) in [6.45, 7) is 3.60. The third kappa shape index (κ3) is 4.70. The van der Waals surface area contributed by atoms with Crippen LogP contribution >= 0.6 is 0 Å². The largest absolute Gasteiger partial charge is 0.480 e. The van der Waals surface area contributed by atoms with E-state index in [-0.39, 0.29) is 18.5 Å². The second kappa shape index (κ2) is 6.56. The molecule has 17 heavy (non-hydrogen) atoms. The summed E-state index contributed by atoms with van der Waals surface area (Å²) in [5.41, 5.74) is 5.76. The molecule has 0 aliphatic carbocycles. The van der Waals surface area contributed by atoms with Gasteiger partial charge in [0.25, 0.3) is 0 Å². The van der Waals surface area contributed by atoms with E-state index >= 15 is 0 Å². The van der Waals surface area contributed by atoms with E-state index in [1.54, 1.807) is 6.92 Å². The van der Waals surface area contributed by atoms with Crippen molar-refractivity contribution in [3.05, 3.63) is 0 Å². The number of piperidine rings is 1. The summed E-state index contributed by atoms with van der Waals surface area (Å²) in [7, 11) is 0. The van der Waals surface area contributed by atoms with Gasteiger partial charge in [-0.3, -0.25) is 9.69 Å². The van der Waals surface area contributed by atoms with Gasteiger partial charge in [0.15, 0.2) is 0 Å². The van der Waals surface area contributed by atoms with E-state index in [2.05, 4.69) is 5.32 Å². The molecule has 0 aromatic heterocycles. The maximum absolute atomic E-state index is 11.6. The summed E-state index contributed by atoms with van der Waals surface area (Å²) >= 11 is 0. The molecule has 0 saturated carbocycles. The molecule has 0 spiro atoms. The fraction of sp³-hybridized carbons (Fsp3) is 0.818. The monoisotopic (exact) mass is 243 g/mol. The van der Waals surface area contributed by atoms with E-state index in [0.717, 1.165) is 25.9 Å². The van der Waals surface area contributed by atoms with Crippen molar-refractivity contribution in [2.45, 2.75) is 38.3 Å². The highest BCUT2D eigenvalue weighted by atomic mass is 16.4. The quantitative estimate of drug-likeness (QED) is 0.598. The molecule has 1 rings (SSSR count). The molecule has 1 heterocycles. The molecule has 1 amide bonds. The molecular weight excluding hydrogens is 222 g/mol. The Hall–Kier alpha value is -1.14. The van der Waals surface area contributed by atoms with E-state index in [1.807, 2.05) is 4.90 Å². The number of nitrogens with zero attached hydrogens (tertiary/aromatic N) is 1. The highest BCUT2D eigenvalue weighted by Gasteiger charge is 2.21. The summed E-state index contributed by atoms with van der Waals surface area (Å²) < 4.78 is 0. The summed E-state index contributed by atoms with van der Waals surface area (Å²) in [5, 5.41) is 11.3. The lowest BCUT2D eigenvalue weighted by atomic mass is 10.1. The van der Waals surface area contributed by atoms with Crippen molar-refractivity contribution in [2.24, 2.45) is 5.73 Å². The zero-order valence-corrected chi connectivity index (χ0v) is 10.2. The van der Waals surface area contributed by atoms with Crippen molar-refractivity contribution in [1.29, 1.82) is 0 Å². The Kier molecular flexibility index (Phi) is 5.37. The minimum absolute atomic E-state index is 0.227. The average Bonchev–Trinajstić information content (AvgIpc) is 2.28. The predicted molar refractivity (Wildman–Crippen MR) is 63.5 cm³/mol. The molecule has 1 saturated heterocycles. The van der Waals surface area contributed by atoms with Crippen LogP contribution in [0.1, 0.15) is 26.2 Å². The molecular formula is C11H21N3O3. The number of carbonyl (C=O) groups is 2. The number of carboxylic acids is 1. The van der Waals surface area contributed by atoms with Gasteiger partial charge in [-0.2, -0.15) is 0 Å². The molecule has 0 aromatic rings. The summed E-state index contributed by atoms with van der Waals surface area (Å²) in [5.74, 6) is -1.21. The van der Waals surface area contributed by atoms with Crippen molar-refractivity contribution in [1.82, 2.24) is 10.2 Å². The first-order valence-corrected chi connectivity index (χ1v) is 6.03. The van der Waals surface area contributed by atoms with Gasteiger partial charge in [0.2, 0.25) is 5.91 Å². The Morgan fingerprint density at radius 1 is 1.47 bits per heavy atom. The molecule has 1 aliphatic rings. The van der Waals surface area contributed by atoms with Crippen LogP contribution in [0.5, 0.6) is 0 Å². The lowest BCUT2D eigenvalue weighted by Crippen LogP contribution is -2.48. The molecule has 1 aliphatic heterocycles. The number of aliphatic carboxylic acids is 1. The first-order chi connectivity index (χ1) is 8.02. The SMILES string of the molecule is CC[C@@H](NC(=O)CN1CCC(N)CC1)C(=O)O. The maximum Gasteiger partial charge on any atom is 0.326 e. The Morgan fingerprint density at radius 3 is 2.53 bits per heavy atom. The van der Waals surface area contributed by atoms with E-state index in [4.69, 9.17) is 10.8 Å². The van der Waals surface area contributed by atoms with Gasteiger partial charge in [0.1, 0.15) is 6.04 Å². The molecule has 0 unspecified atom stereocenters. The normalized spacial score (nSPS) is 19.9. The molecule has 1 fully saturated rings. The minimum atomic E-state index is -0.985. The van der Waals surface area contributed by atoms with Crippen LogP contribution in [0, 0.1) is 0 Å². The first-order valence-electron chi connectivity index (χ1n) is 6.03. The second-order valence-corrected chi connectivity index (χ2v) is 4.48. The molecule has 98 valence electrons. The minimum Gasteiger partial charge on any atom is -0.480 e. The third-order valence-corrected chi connectivity index (χ3v) is 3.04. The Morgan fingerprint density at radius 2 is 2.06 bits per heavy atom. The van der Waals surface area contributed by atoms with Gasteiger partial charge in [-0.15, -0.1) is 0 Å². The molecule has 0 aromatic carbocycles.